The molecule has 0 bridgehead atoms. The summed E-state index contributed by atoms with van der Waals surface area (Å²) in [7, 11) is 1.35. The fourth-order valence-corrected chi connectivity index (χ4v) is 3.99. The highest BCUT2D eigenvalue weighted by Gasteiger charge is 2.39. The monoisotopic (exact) mass is 461 g/mol. The molecule has 1 heterocycles. The lowest BCUT2D eigenvalue weighted by Gasteiger charge is -2.28. The van der Waals surface area contributed by atoms with Crippen LogP contribution in [-0.4, -0.2) is 41.2 Å². The molecule has 7 heteroatoms. The topological polar surface area (TPSA) is 62.2 Å². The highest BCUT2D eigenvalue weighted by molar-refractivity contribution is 6.30. The Labute approximate surface area is 198 Å². The van der Waals surface area contributed by atoms with E-state index in [1.807, 2.05) is 61.5 Å². The quantitative estimate of drug-likeness (QED) is 0.387. The highest BCUT2D eigenvalue weighted by Crippen LogP contribution is 2.33. The third kappa shape index (κ3) is 5.13. The van der Waals surface area contributed by atoms with Crippen LogP contribution in [0.3, 0.4) is 0 Å². The Bertz CT molecular complexity index is 1160. The van der Waals surface area contributed by atoms with Crippen molar-refractivity contribution in [2.24, 2.45) is 5.10 Å². The van der Waals surface area contributed by atoms with Crippen LogP contribution in [0.25, 0.3) is 0 Å². The van der Waals surface area contributed by atoms with E-state index in [-0.39, 0.29) is 12.5 Å². The van der Waals surface area contributed by atoms with Gasteiger partial charge in [-0.3, -0.25) is 9.69 Å². The van der Waals surface area contributed by atoms with Crippen LogP contribution >= 0.6 is 11.6 Å². The number of hydrazone groups is 1. The number of hydrogen-bond acceptors (Lipinski definition) is 5. The average molecular weight is 462 g/mol. The van der Waals surface area contributed by atoms with E-state index in [1.54, 1.807) is 24.3 Å². The molecule has 0 spiro atoms. The Kier molecular flexibility index (Phi) is 6.87. The summed E-state index contributed by atoms with van der Waals surface area (Å²) >= 11 is 6.01. The van der Waals surface area contributed by atoms with E-state index in [4.69, 9.17) is 21.4 Å². The summed E-state index contributed by atoms with van der Waals surface area (Å²) in [4.78, 5) is 27.0. The maximum absolute atomic E-state index is 13.1. The van der Waals surface area contributed by atoms with Crippen LogP contribution < -0.4 is 0 Å². The molecule has 0 aliphatic carbocycles. The van der Waals surface area contributed by atoms with Crippen LogP contribution in [0.5, 0.6) is 0 Å². The van der Waals surface area contributed by atoms with E-state index in [1.165, 1.54) is 12.1 Å². The molecule has 33 heavy (non-hydrogen) atoms. The Balaban J connectivity index is 1.70. The Morgan fingerprint density at radius 1 is 1.00 bits per heavy atom. The van der Waals surface area contributed by atoms with Gasteiger partial charge in [0.15, 0.2) is 0 Å². The number of ether oxygens (including phenoxy) is 1. The summed E-state index contributed by atoms with van der Waals surface area (Å²) in [5, 5.41) is 6.87. The van der Waals surface area contributed by atoms with Gasteiger partial charge >= 0.3 is 5.97 Å². The normalized spacial score (nSPS) is 16.8. The van der Waals surface area contributed by atoms with E-state index in [9.17, 15) is 9.59 Å². The summed E-state index contributed by atoms with van der Waals surface area (Å²) < 4.78 is 4.80. The van der Waals surface area contributed by atoms with Crippen molar-refractivity contribution >= 4 is 29.2 Å². The first-order valence-electron chi connectivity index (χ1n) is 10.6. The van der Waals surface area contributed by atoms with Crippen LogP contribution in [0.1, 0.15) is 40.1 Å². The zero-order valence-electron chi connectivity index (χ0n) is 18.4. The number of nitrogens with zero attached hydrogens (tertiary/aromatic N) is 3. The number of benzene rings is 3. The molecule has 1 fully saturated rings. The van der Waals surface area contributed by atoms with Gasteiger partial charge in [0.2, 0.25) is 0 Å². The minimum atomic E-state index is -0.411. The number of carbonyl (C=O) groups is 2. The number of amides is 1. The summed E-state index contributed by atoms with van der Waals surface area (Å²) in [6.45, 7) is 2.69. The number of carbonyl (C=O) groups excluding carboxylic acids is 2. The summed E-state index contributed by atoms with van der Waals surface area (Å²) in [6.07, 6.45) is -0.411. The van der Waals surface area contributed by atoms with Gasteiger partial charge in [0.1, 0.15) is 6.17 Å². The van der Waals surface area contributed by atoms with Gasteiger partial charge in [0.05, 0.1) is 24.9 Å². The molecule has 0 N–H and O–H groups in total. The molecule has 3 aromatic rings. The first-order chi connectivity index (χ1) is 16.0. The second kappa shape index (κ2) is 9.98. The van der Waals surface area contributed by atoms with E-state index < -0.39 is 12.1 Å². The predicted molar refractivity (Wildman–Crippen MR) is 128 cm³/mol. The summed E-state index contributed by atoms with van der Waals surface area (Å²) in [5.74, 6) is -0.500. The van der Waals surface area contributed by atoms with Gasteiger partial charge in [-0.05, 0) is 47.9 Å². The maximum Gasteiger partial charge on any atom is 0.337 e. The summed E-state index contributed by atoms with van der Waals surface area (Å²) in [5.41, 5.74) is 4.00. The van der Waals surface area contributed by atoms with Crippen molar-refractivity contribution in [1.82, 2.24) is 9.91 Å². The lowest BCUT2D eigenvalue weighted by Crippen LogP contribution is -2.29. The van der Waals surface area contributed by atoms with Gasteiger partial charge in [-0.15, -0.1) is 0 Å². The van der Waals surface area contributed by atoms with E-state index in [2.05, 4.69) is 4.90 Å². The van der Waals surface area contributed by atoms with Crippen LogP contribution in [0.4, 0.5) is 0 Å². The molecular weight excluding hydrogens is 438 g/mol. The number of rotatable bonds is 6. The fraction of sp³-hybridized carbons (Fsp3) is 0.192. The lowest BCUT2D eigenvalue weighted by molar-refractivity contribution is -0.128. The highest BCUT2D eigenvalue weighted by atomic mass is 35.5. The second-order valence-corrected chi connectivity index (χ2v) is 8.24. The van der Waals surface area contributed by atoms with Gasteiger partial charge < -0.3 is 4.74 Å². The first kappa shape index (κ1) is 22.7. The molecule has 3 aromatic carbocycles. The summed E-state index contributed by atoms with van der Waals surface area (Å²) in [6, 6.07) is 24.4. The van der Waals surface area contributed by atoms with Crippen molar-refractivity contribution in [1.29, 1.82) is 0 Å². The van der Waals surface area contributed by atoms with E-state index in [0.29, 0.717) is 22.8 Å². The molecule has 0 radical (unpaired) electrons. The van der Waals surface area contributed by atoms with Crippen LogP contribution in [0, 0.1) is 0 Å². The van der Waals surface area contributed by atoms with Crippen molar-refractivity contribution in [2.45, 2.75) is 19.6 Å². The Hall–Kier alpha value is -3.48. The van der Waals surface area contributed by atoms with Gasteiger partial charge in [-0.1, -0.05) is 66.2 Å². The maximum atomic E-state index is 13.1. The molecule has 168 valence electrons. The molecule has 1 amide bonds. The zero-order chi connectivity index (χ0) is 23.4. The average Bonchev–Trinajstić information content (AvgIpc) is 3.13. The first-order valence-corrected chi connectivity index (χ1v) is 10.9. The SMILES string of the molecule is COC(=O)c1ccc(C2N(Cc3ccccc3)CC(=O)N2/N=C(\C)c2ccc(Cl)cc2)cc1. The van der Waals surface area contributed by atoms with Gasteiger partial charge in [0, 0.05) is 11.6 Å². The fourth-order valence-electron chi connectivity index (χ4n) is 3.87. The standard InChI is InChI=1S/C26H24ClN3O3/c1-18(20-12-14-23(27)15-13-20)28-30-24(31)17-29(16-19-6-4-3-5-7-19)25(30)21-8-10-22(11-9-21)26(32)33-2/h3-15,25H,16-17H2,1-2H3/b28-18+. The Morgan fingerprint density at radius 3 is 2.27 bits per heavy atom. The Morgan fingerprint density at radius 2 is 1.64 bits per heavy atom. The molecule has 1 saturated heterocycles. The van der Waals surface area contributed by atoms with Gasteiger partial charge in [-0.25, -0.2) is 9.80 Å². The van der Waals surface area contributed by atoms with Crippen molar-refractivity contribution in [3.05, 3.63) is 106 Å². The van der Waals surface area contributed by atoms with Crippen LogP contribution in [0.15, 0.2) is 84.0 Å². The number of esters is 1. The second-order valence-electron chi connectivity index (χ2n) is 7.81. The molecule has 4 rings (SSSR count). The number of methoxy groups -OCH3 is 1. The molecule has 0 saturated carbocycles. The third-order valence-corrected chi connectivity index (χ3v) is 5.80. The largest absolute Gasteiger partial charge is 0.465 e. The van der Waals surface area contributed by atoms with Crippen molar-refractivity contribution in [2.75, 3.05) is 13.7 Å². The minimum Gasteiger partial charge on any atom is -0.465 e. The molecule has 6 nitrogen and oxygen atoms in total. The zero-order valence-corrected chi connectivity index (χ0v) is 19.2. The third-order valence-electron chi connectivity index (χ3n) is 5.55. The van der Waals surface area contributed by atoms with Crippen LogP contribution in [0.2, 0.25) is 5.02 Å². The van der Waals surface area contributed by atoms with Crippen LogP contribution in [-0.2, 0) is 16.1 Å². The predicted octanol–water partition coefficient (Wildman–Crippen LogP) is 4.89. The molecule has 1 atom stereocenters. The number of hydrogen-bond donors (Lipinski definition) is 0. The van der Waals surface area contributed by atoms with Gasteiger partial charge in [-0.2, -0.15) is 5.10 Å². The van der Waals surface area contributed by atoms with Crippen molar-refractivity contribution in [3.8, 4) is 0 Å². The van der Waals surface area contributed by atoms with E-state index in [0.717, 1.165) is 16.7 Å². The smallest absolute Gasteiger partial charge is 0.337 e. The van der Waals surface area contributed by atoms with Crippen molar-refractivity contribution in [3.63, 3.8) is 0 Å². The van der Waals surface area contributed by atoms with Crippen molar-refractivity contribution < 1.29 is 14.3 Å². The minimum absolute atomic E-state index is 0.0960. The number of halogens is 1. The van der Waals surface area contributed by atoms with E-state index >= 15 is 0 Å². The molecule has 0 aromatic heterocycles. The molecule has 1 aliphatic rings. The lowest BCUT2D eigenvalue weighted by atomic mass is 10.1. The van der Waals surface area contributed by atoms with Gasteiger partial charge in [0.25, 0.3) is 5.91 Å². The molecule has 1 aliphatic heterocycles. The molecular formula is C26H24ClN3O3. The molecule has 1 unspecified atom stereocenters.